The van der Waals surface area contributed by atoms with Gasteiger partial charge in [0.25, 0.3) is 5.92 Å². The number of rotatable bonds is 3. The van der Waals surface area contributed by atoms with Gasteiger partial charge in [0.2, 0.25) is 0 Å². The molecule has 0 aliphatic heterocycles. The first-order valence-corrected chi connectivity index (χ1v) is 6.02. The summed E-state index contributed by atoms with van der Waals surface area (Å²) >= 11 is 0. The van der Waals surface area contributed by atoms with Crippen LogP contribution in [0.25, 0.3) is 0 Å². The van der Waals surface area contributed by atoms with Crippen molar-refractivity contribution in [2.45, 2.75) is 38.0 Å². The number of carbonyl (C=O) groups is 1. The quantitative estimate of drug-likeness (QED) is 0.774. The maximum absolute atomic E-state index is 13.2. The van der Waals surface area contributed by atoms with Gasteiger partial charge in [-0.15, -0.1) is 0 Å². The lowest BCUT2D eigenvalue weighted by Crippen LogP contribution is -2.55. The Kier molecular flexibility index (Phi) is 3.13. The Morgan fingerprint density at radius 2 is 1.94 bits per heavy atom. The van der Waals surface area contributed by atoms with Crippen LogP contribution in [0.1, 0.15) is 30.9 Å². The highest BCUT2D eigenvalue weighted by Crippen LogP contribution is 2.54. The molecule has 0 heterocycles. The number of ether oxygens (including phenoxy) is 1. The number of alkyl halides is 2. The zero-order valence-electron chi connectivity index (χ0n) is 10.5. The van der Waals surface area contributed by atoms with Crippen LogP contribution in [-0.4, -0.2) is 18.5 Å². The van der Waals surface area contributed by atoms with Gasteiger partial charge in [0, 0.05) is 12.8 Å². The molecule has 0 atom stereocenters. The van der Waals surface area contributed by atoms with Gasteiger partial charge in [-0.1, -0.05) is 24.3 Å². The third kappa shape index (κ3) is 2.00. The lowest BCUT2D eigenvalue weighted by Gasteiger charge is -2.45. The molecule has 4 heteroatoms. The minimum atomic E-state index is -2.77. The van der Waals surface area contributed by atoms with E-state index in [1.54, 1.807) is 19.1 Å². The molecule has 18 heavy (non-hydrogen) atoms. The van der Waals surface area contributed by atoms with Gasteiger partial charge in [0.1, 0.15) is 5.41 Å². The van der Waals surface area contributed by atoms with Crippen molar-refractivity contribution in [3.8, 4) is 0 Å². The number of halogens is 2. The van der Waals surface area contributed by atoms with Crippen LogP contribution in [0.15, 0.2) is 24.3 Å². The summed E-state index contributed by atoms with van der Waals surface area (Å²) in [6.07, 6.45) is -0.909. The van der Waals surface area contributed by atoms with Crippen molar-refractivity contribution in [1.29, 1.82) is 0 Å². The van der Waals surface area contributed by atoms with Crippen molar-refractivity contribution in [2.24, 2.45) is 0 Å². The average molecular weight is 254 g/mol. The summed E-state index contributed by atoms with van der Waals surface area (Å²) in [5.41, 5.74) is 0.348. The van der Waals surface area contributed by atoms with Crippen LogP contribution < -0.4 is 0 Å². The summed E-state index contributed by atoms with van der Waals surface area (Å²) in [4.78, 5) is 12.0. The van der Waals surface area contributed by atoms with Crippen molar-refractivity contribution in [3.63, 3.8) is 0 Å². The zero-order valence-corrected chi connectivity index (χ0v) is 10.5. The van der Waals surface area contributed by atoms with E-state index in [0.29, 0.717) is 5.56 Å². The fraction of sp³-hybridized carbons (Fsp3) is 0.500. The Hall–Kier alpha value is -1.45. The minimum Gasteiger partial charge on any atom is -0.465 e. The summed E-state index contributed by atoms with van der Waals surface area (Å²) in [6, 6.07) is 7.16. The molecule has 0 radical (unpaired) electrons. The van der Waals surface area contributed by atoms with Gasteiger partial charge in [-0.3, -0.25) is 4.79 Å². The summed E-state index contributed by atoms with van der Waals surface area (Å²) < 4.78 is 31.5. The molecule has 1 aliphatic rings. The van der Waals surface area contributed by atoms with Crippen LogP contribution in [0.4, 0.5) is 8.78 Å². The lowest BCUT2D eigenvalue weighted by atomic mass is 9.61. The molecule has 0 spiro atoms. The monoisotopic (exact) mass is 254 g/mol. The minimum absolute atomic E-state index is 0.206. The van der Waals surface area contributed by atoms with Crippen LogP contribution >= 0.6 is 0 Å². The molecular formula is C14H16F2O2. The molecule has 0 N–H and O–H groups in total. The molecule has 0 saturated heterocycles. The van der Waals surface area contributed by atoms with Crippen molar-refractivity contribution in [3.05, 3.63) is 35.4 Å². The fourth-order valence-electron chi connectivity index (χ4n) is 2.66. The smallest absolute Gasteiger partial charge is 0.317 e. The van der Waals surface area contributed by atoms with Crippen LogP contribution in [0, 0.1) is 6.92 Å². The summed E-state index contributed by atoms with van der Waals surface area (Å²) in [7, 11) is 0. The third-order valence-corrected chi connectivity index (χ3v) is 3.45. The zero-order chi connectivity index (χ0) is 13.4. The van der Waals surface area contributed by atoms with Crippen molar-refractivity contribution in [1.82, 2.24) is 0 Å². The van der Waals surface area contributed by atoms with Gasteiger partial charge in [-0.2, -0.15) is 0 Å². The average Bonchev–Trinajstić information content (AvgIpc) is 2.26. The third-order valence-electron chi connectivity index (χ3n) is 3.45. The number of esters is 1. The molecule has 98 valence electrons. The normalized spacial score (nSPS) is 20.0. The van der Waals surface area contributed by atoms with E-state index < -0.39 is 30.1 Å². The molecule has 2 rings (SSSR count). The van der Waals surface area contributed by atoms with Gasteiger partial charge < -0.3 is 4.74 Å². The second kappa shape index (κ2) is 4.34. The van der Waals surface area contributed by atoms with E-state index in [9.17, 15) is 13.6 Å². The maximum atomic E-state index is 13.2. The number of carbonyl (C=O) groups excluding carboxylic acids is 1. The van der Waals surface area contributed by atoms with E-state index >= 15 is 0 Å². The Labute approximate surface area is 105 Å². The number of benzene rings is 1. The Balaban J connectivity index is 2.39. The maximum Gasteiger partial charge on any atom is 0.317 e. The molecule has 0 unspecified atom stereocenters. The molecule has 1 aliphatic carbocycles. The van der Waals surface area contributed by atoms with E-state index in [1.165, 1.54) is 0 Å². The van der Waals surface area contributed by atoms with Gasteiger partial charge in [-0.05, 0) is 25.0 Å². The number of hydrogen-bond acceptors (Lipinski definition) is 2. The van der Waals surface area contributed by atoms with Gasteiger partial charge in [0.05, 0.1) is 6.61 Å². The molecule has 0 amide bonds. The summed E-state index contributed by atoms with van der Waals surface area (Å²) in [5.74, 6) is -3.31. The Bertz CT molecular complexity index is 461. The molecule has 0 aromatic heterocycles. The fourth-order valence-corrected chi connectivity index (χ4v) is 2.66. The van der Waals surface area contributed by atoms with Crippen molar-refractivity contribution < 1.29 is 18.3 Å². The molecule has 1 aromatic rings. The summed E-state index contributed by atoms with van der Waals surface area (Å²) in [6.45, 7) is 3.71. The highest BCUT2D eigenvalue weighted by Gasteiger charge is 2.62. The topological polar surface area (TPSA) is 26.3 Å². The first-order valence-electron chi connectivity index (χ1n) is 6.02. The number of aryl methyl sites for hydroxylation is 1. The van der Waals surface area contributed by atoms with Gasteiger partial charge in [-0.25, -0.2) is 8.78 Å². The van der Waals surface area contributed by atoms with Crippen molar-refractivity contribution >= 4 is 5.97 Å². The van der Waals surface area contributed by atoms with E-state index in [1.807, 2.05) is 19.1 Å². The predicted molar refractivity (Wildman–Crippen MR) is 63.7 cm³/mol. The molecule has 1 saturated carbocycles. The van der Waals surface area contributed by atoms with E-state index in [-0.39, 0.29) is 6.61 Å². The largest absolute Gasteiger partial charge is 0.465 e. The SMILES string of the molecule is CCOC(=O)C1(c2ccccc2C)CC(F)(F)C1. The highest BCUT2D eigenvalue weighted by molar-refractivity contribution is 5.85. The second-order valence-corrected chi connectivity index (χ2v) is 4.83. The van der Waals surface area contributed by atoms with Crippen LogP contribution in [0.2, 0.25) is 0 Å². The van der Waals surface area contributed by atoms with E-state index in [4.69, 9.17) is 4.74 Å². The first kappa shape index (κ1) is 13.0. The first-order chi connectivity index (χ1) is 8.41. The Morgan fingerprint density at radius 1 is 1.33 bits per heavy atom. The standard InChI is InChI=1S/C14H16F2O2/c1-3-18-12(17)13(8-14(15,16)9-13)11-7-5-4-6-10(11)2/h4-7H,3,8-9H2,1-2H3. The van der Waals surface area contributed by atoms with Crippen molar-refractivity contribution in [2.75, 3.05) is 6.61 Å². The highest BCUT2D eigenvalue weighted by atomic mass is 19.3. The molecule has 1 aromatic carbocycles. The molecule has 2 nitrogen and oxygen atoms in total. The summed E-state index contributed by atoms with van der Waals surface area (Å²) in [5, 5.41) is 0. The van der Waals surface area contributed by atoms with E-state index in [2.05, 4.69) is 0 Å². The van der Waals surface area contributed by atoms with Gasteiger partial charge >= 0.3 is 5.97 Å². The molecule has 0 bridgehead atoms. The molecular weight excluding hydrogens is 238 g/mol. The lowest BCUT2D eigenvalue weighted by molar-refractivity contribution is -0.179. The number of hydrogen-bond donors (Lipinski definition) is 0. The van der Waals surface area contributed by atoms with Crippen LogP contribution in [0.3, 0.4) is 0 Å². The Morgan fingerprint density at radius 3 is 2.44 bits per heavy atom. The predicted octanol–water partition coefficient (Wildman–Crippen LogP) is 3.23. The second-order valence-electron chi connectivity index (χ2n) is 4.83. The van der Waals surface area contributed by atoms with E-state index in [0.717, 1.165) is 5.56 Å². The van der Waals surface area contributed by atoms with Crippen LogP contribution in [0.5, 0.6) is 0 Å². The van der Waals surface area contributed by atoms with Gasteiger partial charge in [0.15, 0.2) is 0 Å². The molecule has 1 fully saturated rings. The van der Waals surface area contributed by atoms with Crippen LogP contribution in [-0.2, 0) is 14.9 Å².